The molecule has 0 bridgehead atoms. The van der Waals surface area contributed by atoms with Gasteiger partial charge in [0, 0.05) is 21.2 Å². The highest BCUT2D eigenvalue weighted by Gasteiger charge is 2.21. The van der Waals surface area contributed by atoms with E-state index in [1.165, 1.54) is 4.68 Å². The van der Waals surface area contributed by atoms with Crippen LogP contribution in [0.3, 0.4) is 0 Å². The molecule has 0 unspecified atom stereocenters. The molecule has 4 rings (SSSR count). The van der Waals surface area contributed by atoms with Crippen LogP contribution >= 0.6 is 15.9 Å². The summed E-state index contributed by atoms with van der Waals surface area (Å²) < 4.78 is 7.27. The number of nitrogens with zero attached hydrogens (tertiary/aromatic N) is 1. The highest BCUT2D eigenvalue weighted by atomic mass is 79.9. The Morgan fingerprint density at radius 3 is 2.37 bits per heavy atom. The number of halogens is 1. The van der Waals surface area contributed by atoms with Crippen LogP contribution in [-0.4, -0.2) is 29.5 Å². The number of fused-ring (bicyclic) bond motifs is 1. The van der Waals surface area contributed by atoms with Gasteiger partial charge in [0.2, 0.25) is 0 Å². The molecule has 1 heterocycles. The van der Waals surface area contributed by atoms with E-state index in [1.54, 1.807) is 61.7 Å². The van der Waals surface area contributed by atoms with Crippen molar-refractivity contribution in [3.8, 4) is 5.75 Å². The summed E-state index contributed by atoms with van der Waals surface area (Å²) in [6.07, 6.45) is 0.699. The Morgan fingerprint density at radius 1 is 0.914 bits per heavy atom. The number of rotatable bonds is 6. The first kappa shape index (κ1) is 24.0. The first-order chi connectivity index (χ1) is 16.9. The minimum Gasteiger partial charge on any atom is -0.497 e. The predicted octanol–water partition coefficient (Wildman–Crippen LogP) is 4.94. The summed E-state index contributed by atoms with van der Waals surface area (Å²) in [5.41, 5.74) is 5.30. The minimum absolute atomic E-state index is 0.157. The highest BCUT2D eigenvalue weighted by molar-refractivity contribution is 9.10. The Kier molecular flexibility index (Phi) is 7.17. The molecule has 0 aliphatic carbocycles. The fraction of sp³-hybridized carbons (Fsp3) is 0.115. The van der Waals surface area contributed by atoms with E-state index in [4.69, 9.17) is 4.74 Å². The van der Waals surface area contributed by atoms with E-state index in [-0.39, 0.29) is 5.69 Å². The lowest BCUT2D eigenvalue weighted by atomic mass is 10.1. The van der Waals surface area contributed by atoms with Crippen molar-refractivity contribution in [1.82, 2.24) is 4.68 Å². The molecule has 8 nitrogen and oxygen atoms in total. The van der Waals surface area contributed by atoms with Crippen molar-refractivity contribution in [3.63, 3.8) is 0 Å². The molecular formula is C26H23BrN4O4. The van der Waals surface area contributed by atoms with Gasteiger partial charge < -0.3 is 15.4 Å². The maximum atomic E-state index is 13.1. The fourth-order valence-corrected chi connectivity index (χ4v) is 4.00. The van der Waals surface area contributed by atoms with Gasteiger partial charge in [0.25, 0.3) is 5.91 Å². The molecule has 0 aliphatic heterocycles. The molecule has 0 aliphatic rings. The summed E-state index contributed by atoms with van der Waals surface area (Å²) in [6.45, 7) is 1.96. The number of methoxy groups -OCH3 is 1. The lowest BCUT2D eigenvalue weighted by Crippen LogP contribution is -2.36. The molecule has 178 valence electrons. The SMILES string of the molecule is CCc1ccccc1NC(=O)C(=O)Nn1c(C(=O)Nc2ccc(OC)cc2)cc2cc(Br)ccc21. The molecule has 0 spiro atoms. The molecule has 0 radical (unpaired) electrons. The Balaban J connectivity index is 1.61. The quantitative estimate of drug-likeness (QED) is 0.305. The number of hydrogen-bond donors (Lipinski definition) is 3. The van der Waals surface area contributed by atoms with Gasteiger partial charge in [0.1, 0.15) is 11.4 Å². The number of hydrogen-bond acceptors (Lipinski definition) is 4. The number of para-hydroxylation sites is 1. The molecule has 0 atom stereocenters. The lowest BCUT2D eigenvalue weighted by Gasteiger charge is -2.14. The summed E-state index contributed by atoms with van der Waals surface area (Å²) >= 11 is 3.42. The second kappa shape index (κ2) is 10.4. The van der Waals surface area contributed by atoms with Crippen LogP contribution in [-0.2, 0) is 16.0 Å². The number of aromatic nitrogens is 1. The standard InChI is InChI=1S/C26H23BrN4O4/c1-3-16-6-4-5-7-21(16)29-25(33)26(34)30-31-22-13-8-18(27)14-17(22)15-23(31)24(32)28-19-9-11-20(35-2)12-10-19/h4-15H,3H2,1-2H3,(H,28,32)(H,29,33)(H,30,34). The van der Waals surface area contributed by atoms with Gasteiger partial charge >= 0.3 is 11.8 Å². The van der Waals surface area contributed by atoms with Gasteiger partial charge in [0.15, 0.2) is 0 Å². The largest absolute Gasteiger partial charge is 0.497 e. The molecule has 3 N–H and O–H groups in total. The smallest absolute Gasteiger partial charge is 0.328 e. The molecule has 0 saturated carbocycles. The minimum atomic E-state index is -0.908. The summed E-state index contributed by atoms with van der Waals surface area (Å²) in [5.74, 6) is -1.55. The predicted molar refractivity (Wildman–Crippen MR) is 139 cm³/mol. The van der Waals surface area contributed by atoms with Gasteiger partial charge in [-0.2, -0.15) is 0 Å². The van der Waals surface area contributed by atoms with Crippen molar-refractivity contribution in [3.05, 3.63) is 88.5 Å². The Hall–Kier alpha value is -4.11. The third kappa shape index (κ3) is 5.36. The monoisotopic (exact) mass is 534 g/mol. The van der Waals surface area contributed by atoms with Crippen molar-refractivity contribution < 1.29 is 19.1 Å². The average molecular weight is 535 g/mol. The summed E-state index contributed by atoms with van der Waals surface area (Å²) in [4.78, 5) is 38.6. The van der Waals surface area contributed by atoms with E-state index in [0.29, 0.717) is 34.4 Å². The number of nitrogens with one attached hydrogen (secondary N) is 3. The Bertz CT molecular complexity index is 1410. The molecule has 9 heteroatoms. The van der Waals surface area contributed by atoms with Crippen LogP contribution in [0.5, 0.6) is 5.75 Å². The van der Waals surface area contributed by atoms with Crippen molar-refractivity contribution in [2.75, 3.05) is 23.2 Å². The normalized spacial score (nSPS) is 10.6. The van der Waals surface area contributed by atoms with Crippen LogP contribution in [0.15, 0.2) is 77.3 Å². The molecule has 0 fully saturated rings. The molecule has 4 aromatic rings. The third-order valence-electron chi connectivity index (χ3n) is 5.41. The fourth-order valence-electron chi connectivity index (χ4n) is 3.63. The number of benzene rings is 3. The molecule has 1 aromatic heterocycles. The topological polar surface area (TPSA) is 101 Å². The van der Waals surface area contributed by atoms with Gasteiger partial charge in [-0.3, -0.25) is 19.8 Å². The van der Waals surface area contributed by atoms with E-state index in [0.717, 1.165) is 10.0 Å². The first-order valence-corrected chi connectivity index (χ1v) is 11.7. The number of carbonyl (C=O) groups excluding carboxylic acids is 3. The molecule has 3 aromatic carbocycles. The lowest BCUT2D eigenvalue weighted by molar-refractivity contribution is -0.133. The molecule has 3 amide bonds. The number of ether oxygens (including phenoxy) is 1. The van der Waals surface area contributed by atoms with Gasteiger partial charge in [-0.15, -0.1) is 0 Å². The van der Waals surface area contributed by atoms with Crippen LogP contribution < -0.4 is 20.8 Å². The second-order valence-electron chi connectivity index (χ2n) is 7.66. The van der Waals surface area contributed by atoms with E-state index in [1.807, 2.05) is 25.1 Å². The van der Waals surface area contributed by atoms with E-state index in [9.17, 15) is 14.4 Å². The maximum Gasteiger partial charge on any atom is 0.328 e. The number of carbonyl (C=O) groups is 3. The van der Waals surface area contributed by atoms with Crippen LogP contribution in [0.2, 0.25) is 0 Å². The van der Waals surface area contributed by atoms with E-state index >= 15 is 0 Å². The van der Waals surface area contributed by atoms with Crippen LogP contribution in [0.25, 0.3) is 10.9 Å². The number of amides is 3. The third-order valence-corrected chi connectivity index (χ3v) is 5.90. The van der Waals surface area contributed by atoms with E-state index < -0.39 is 17.7 Å². The van der Waals surface area contributed by atoms with Gasteiger partial charge in [0.05, 0.1) is 12.6 Å². The maximum absolute atomic E-state index is 13.1. The van der Waals surface area contributed by atoms with Gasteiger partial charge in [-0.1, -0.05) is 41.1 Å². The summed E-state index contributed by atoms with van der Waals surface area (Å²) in [7, 11) is 1.56. The molecule has 0 saturated heterocycles. The average Bonchev–Trinajstić information content (AvgIpc) is 3.22. The van der Waals surface area contributed by atoms with Crippen LogP contribution in [0.1, 0.15) is 23.0 Å². The first-order valence-electron chi connectivity index (χ1n) is 10.9. The molecular weight excluding hydrogens is 512 g/mol. The van der Waals surface area contributed by atoms with E-state index in [2.05, 4.69) is 32.0 Å². The second-order valence-corrected chi connectivity index (χ2v) is 8.57. The summed E-state index contributed by atoms with van der Waals surface area (Å²) in [5, 5.41) is 6.15. The number of aryl methyl sites for hydroxylation is 1. The van der Waals surface area contributed by atoms with Crippen LogP contribution in [0.4, 0.5) is 11.4 Å². The van der Waals surface area contributed by atoms with Crippen molar-refractivity contribution in [2.45, 2.75) is 13.3 Å². The molecule has 35 heavy (non-hydrogen) atoms. The Morgan fingerprint density at radius 2 is 1.66 bits per heavy atom. The zero-order valence-electron chi connectivity index (χ0n) is 19.1. The van der Waals surface area contributed by atoms with Crippen LogP contribution in [0, 0.1) is 0 Å². The highest BCUT2D eigenvalue weighted by Crippen LogP contribution is 2.24. The summed E-state index contributed by atoms with van der Waals surface area (Å²) in [6, 6.07) is 21.1. The number of anilines is 2. The zero-order chi connectivity index (χ0) is 24.9. The van der Waals surface area contributed by atoms with Crippen molar-refractivity contribution in [1.29, 1.82) is 0 Å². The van der Waals surface area contributed by atoms with Crippen molar-refractivity contribution in [2.24, 2.45) is 0 Å². The van der Waals surface area contributed by atoms with Crippen molar-refractivity contribution >= 4 is 55.9 Å². The van der Waals surface area contributed by atoms with Gasteiger partial charge in [-0.25, -0.2) is 4.68 Å². The Labute approximate surface area is 210 Å². The zero-order valence-corrected chi connectivity index (χ0v) is 20.7. The van der Waals surface area contributed by atoms with Gasteiger partial charge in [-0.05, 0) is 66.6 Å².